The van der Waals surface area contributed by atoms with Crippen molar-refractivity contribution in [3.8, 4) is 0 Å². The zero-order valence-corrected chi connectivity index (χ0v) is 9.66. The molecule has 0 bridgehead atoms. The summed E-state index contributed by atoms with van der Waals surface area (Å²) in [7, 11) is 4.05. The summed E-state index contributed by atoms with van der Waals surface area (Å²) in [6, 6.07) is 0.473. The highest BCUT2D eigenvalue weighted by Crippen LogP contribution is 2.08. The van der Waals surface area contributed by atoms with Gasteiger partial charge in [-0.05, 0) is 33.8 Å². The van der Waals surface area contributed by atoms with Crippen molar-refractivity contribution in [1.29, 1.82) is 0 Å². The van der Waals surface area contributed by atoms with Gasteiger partial charge >= 0.3 is 0 Å². The van der Waals surface area contributed by atoms with Crippen LogP contribution in [0.3, 0.4) is 0 Å². The van der Waals surface area contributed by atoms with Gasteiger partial charge in [0.25, 0.3) is 0 Å². The zero-order valence-electron chi connectivity index (χ0n) is 9.66. The molecule has 0 radical (unpaired) electrons. The highest BCUT2D eigenvalue weighted by Gasteiger charge is 2.12. The van der Waals surface area contributed by atoms with Crippen LogP contribution in [-0.4, -0.2) is 36.8 Å². The molecule has 0 rings (SSSR count). The molecule has 0 aromatic rings. The van der Waals surface area contributed by atoms with Gasteiger partial charge in [0, 0.05) is 20.1 Å². The minimum absolute atomic E-state index is 0.473. The van der Waals surface area contributed by atoms with Crippen molar-refractivity contribution in [2.24, 2.45) is 0 Å². The minimum atomic E-state index is 0.473. The normalized spacial score (nSPS) is 12.5. The number of nitrogens with zero attached hydrogens (tertiary/aromatic N) is 2. The molecule has 3 heteroatoms. The van der Waals surface area contributed by atoms with Crippen LogP contribution in [0.2, 0.25) is 0 Å². The number of hydrazine groups is 1. The van der Waals surface area contributed by atoms with Gasteiger partial charge in [0.15, 0.2) is 5.88 Å². The molecule has 0 amide bonds. The molecular weight excluding hydrogens is 164 g/mol. The Hall–Kier alpha value is -0.700. The van der Waals surface area contributed by atoms with E-state index in [0.717, 1.165) is 5.88 Å². The van der Waals surface area contributed by atoms with E-state index in [1.807, 2.05) is 39.0 Å². The fourth-order valence-electron chi connectivity index (χ4n) is 1.01. The van der Waals surface area contributed by atoms with Gasteiger partial charge in [-0.3, -0.25) is 5.01 Å². The number of rotatable bonds is 5. The second kappa shape index (κ2) is 5.86. The molecule has 0 aromatic heterocycles. The lowest BCUT2D eigenvalue weighted by atomic mass is 10.4. The van der Waals surface area contributed by atoms with Crippen LogP contribution in [0.5, 0.6) is 0 Å². The summed E-state index contributed by atoms with van der Waals surface area (Å²) >= 11 is 0. The van der Waals surface area contributed by atoms with Gasteiger partial charge < -0.3 is 4.74 Å². The summed E-state index contributed by atoms with van der Waals surface area (Å²) in [4.78, 5) is 0. The van der Waals surface area contributed by atoms with Crippen LogP contribution in [0.25, 0.3) is 0 Å². The first kappa shape index (κ1) is 12.3. The Morgan fingerprint density at radius 2 is 1.92 bits per heavy atom. The summed E-state index contributed by atoms with van der Waals surface area (Å²) in [6.07, 6.45) is 1.97. The Kier molecular flexibility index (Phi) is 5.55. The Morgan fingerprint density at radius 3 is 2.23 bits per heavy atom. The van der Waals surface area contributed by atoms with Gasteiger partial charge in [-0.25, -0.2) is 5.01 Å². The van der Waals surface area contributed by atoms with E-state index in [1.165, 1.54) is 0 Å². The van der Waals surface area contributed by atoms with Gasteiger partial charge in [0.1, 0.15) is 0 Å². The Morgan fingerprint density at radius 1 is 1.38 bits per heavy atom. The van der Waals surface area contributed by atoms with E-state index in [0.29, 0.717) is 12.6 Å². The first-order valence-electron chi connectivity index (χ1n) is 4.80. The number of allylic oxidation sites excluding steroid dienone is 1. The molecule has 0 atom stereocenters. The third-order valence-electron chi connectivity index (χ3n) is 2.08. The topological polar surface area (TPSA) is 15.7 Å². The van der Waals surface area contributed by atoms with Crippen molar-refractivity contribution >= 4 is 0 Å². The van der Waals surface area contributed by atoms with Crippen molar-refractivity contribution in [2.45, 2.75) is 33.7 Å². The van der Waals surface area contributed by atoms with Gasteiger partial charge in [0.2, 0.25) is 0 Å². The van der Waals surface area contributed by atoms with Crippen molar-refractivity contribution in [2.75, 3.05) is 20.7 Å². The predicted molar refractivity (Wildman–Crippen MR) is 56.0 cm³/mol. The molecule has 13 heavy (non-hydrogen) atoms. The highest BCUT2D eigenvalue weighted by molar-refractivity contribution is 4.87. The molecule has 3 nitrogen and oxygen atoms in total. The molecule has 0 aliphatic rings. The maximum Gasteiger partial charge on any atom is 0.199 e. The highest BCUT2D eigenvalue weighted by atomic mass is 16.5. The van der Waals surface area contributed by atoms with Gasteiger partial charge in [-0.1, -0.05) is 0 Å². The average molecular weight is 186 g/mol. The maximum atomic E-state index is 5.47. The van der Waals surface area contributed by atoms with Gasteiger partial charge in [-0.2, -0.15) is 0 Å². The monoisotopic (exact) mass is 186 g/mol. The smallest absolute Gasteiger partial charge is 0.199 e. The Labute approximate surface area is 81.9 Å². The molecule has 0 saturated carbocycles. The molecule has 0 aliphatic heterocycles. The predicted octanol–water partition coefficient (Wildman–Crippen LogP) is 2.07. The molecular formula is C10H22N2O. The second-order valence-electron chi connectivity index (χ2n) is 3.25. The fourth-order valence-corrected chi connectivity index (χ4v) is 1.01. The van der Waals surface area contributed by atoms with Crippen LogP contribution < -0.4 is 0 Å². The summed E-state index contributed by atoms with van der Waals surface area (Å²) < 4.78 is 5.47. The summed E-state index contributed by atoms with van der Waals surface area (Å²) in [5.41, 5.74) is 0. The third-order valence-corrected chi connectivity index (χ3v) is 2.08. The molecule has 78 valence electrons. The lowest BCUT2D eigenvalue weighted by Gasteiger charge is -2.34. The van der Waals surface area contributed by atoms with Crippen LogP contribution in [0, 0.1) is 0 Å². The van der Waals surface area contributed by atoms with Crippen molar-refractivity contribution in [3.05, 3.63) is 12.0 Å². The van der Waals surface area contributed by atoms with E-state index >= 15 is 0 Å². The lowest BCUT2D eigenvalue weighted by molar-refractivity contribution is -0.0293. The van der Waals surface area contributed by atoms with Crippen molar-refractivity contribution in [3.63, 3.8) is 0 Å². The number of ether oxygens (including phenoxy) is 1. The van der Waals surface area contributed by atoms with Crippen LogP contribution in [0.1, 0.15) is 27.7 Å². The molecule has 0 N–H and O–H groups in total. The average Bonchev–Trinajstić information content (AvgIpc) is 2.11. The Bertz CT molecular complexity index is 166. The van der Waals surface area contributed by atoms with Crippen molar-refractivity contribution in [1.82, 2.24) is 10.0 Å². The van der Waals surface area contributed by atoms with Crippen LogP contribution >= 0.6 is 0 Å². The summed E-state index contributed by atoms with van der Waals surface area (Å²) in [5, 5.41) is 4.15. The molecule has 0 aliphatic carbocycles. The number of hydrogen-bond donors (Lipinski definition) is 0. The van der Waals surface area contributed by atoms with Crippen molar-refractivity contribution < 1.29 is 4.74 Å². The molecule has 0 aromatic carbocycles. The maximum absolute atomic E-state index is 5.47. The second-order valence-corrected chi connectivity index (χ2v) is 3.25. The largest absolute Gasteiger partial charge is 0.479 e. The van der Waals surface area contributed by atoms with Crippen LogP contribution in [0.4, 0.5) is 0 Å². The Balaban J connectivity index is 4.28. The first-order valence-corrected chi connectivity index (χ1v) is 4.80. The van der Waals surface area contributed by atoms with E-state index in [9.17, 15) is 0 Å². The van der Waals surface area contributed by atoms with Crippen LogP contribution in [-0.2, 0) is 4.74 Å². The summed E-state index contributed by atoms with van der Waals surface area (Å²) in [6.45, 7) is 8.98. The molecule has 0 spiro atoms. The first-order chi connectivity index (χ1) is 6.04. The van der Waals surface area contributed by atoms with E-state index in [2.05, 4.69) is 18.9 Å². The third kappa shape index (κ3) is 3.68. The van der Waals surface area contributed by atoms with Crippen LogP contribution in [0.15, 0.2) is 12.0 Å². The minimum Gasteiger partial charge on any atom is -0.479 e. The fraction of sp³-hybridized carbons (Fsp3) is 0.800. The molecule has 0 fully saturated rings. The van der Waals surface area contributed by atoms with E-state index in [1.54, 1.807) is 0 Å². The molecule has 0 unspecified atom stereocenters. The standard InChI is InChI=1S/C10H22N2O/c1-7-10(13-8-2)12(6)11(5)9(3)4/h7,9H,8H2,1-6H3/b10-7+. The number of hydrogen-bond acceptors (Lipinski definition) is 3. The summed E-state index contributed by atoms with van der Waals surface area (Å²) in [5.74, 6) is 0.902. The van der Waals surface area contributed by atoms with E-state index in [-0.39, 0.29) is 0 Å². The molecule has 0 saturated heterocycles. The molecule has 0 heterocycles. The van der Waals surface area contributed by atoms with Gasteiger partial charge in [0.05, 0.1) is 6.61 Å². The SMILES string of the molecule is C/C=C(/OCC)N(C)N(C)C(C)C. The van der Waals surface area contributed by atoms with E-state index in [4.69, 9.17) is 4.74 Å². The zero-order chi connectivity index (χ0) is 10.4. The lowest BCUT2D eigenvalue weighted by Crippen LogP contribution is -2.41. The van der Waals surface area contributed by atoms with Gasteiger partial charge in [-0.15, -0.1) is 0 Å². The quantitative estimate of drug-likeness (QED) is 0.483. The van der Waals surface area contributed by atoms with E-state index < -0.39 is 0 Å².